The Hall–Kier alpha value is -2.77. The molecule has 0 saturated heterocycles. The van der Waals surface area contributed by atoms with Crippen molar-refractivity contribution in [2.24, 2.45) is 5.10 Å². The van der Waals surface area contributed by atoms with Crippen LogP contribution in [0.15, 0.2) is 64.4 Å². The fourth-order valence-electron chi connectivity index (χ4n) is 3.64. The summed E-state index contributed by atoms with van der Waals surface area (Å²) in [5.41, 5.74) is 2.86. The van der Waals surface area contributed by atoms with Gasteiger partial charge in [-0.1, -0.05) is 24.3 Å². The number of hydrogen-bond acceptors (Lipinski definition) is 5. The van der Waals surface area contributed by atoms with Crippen molar-refractivity contribution in [1.82, 2.24) is 14.6 Å². The third kappa shape index (κ3) is 2.96. The lowest BCUT2D eigenvalue weighted by Gasteiger charge is -2.21. The van der Waals surface area contributed by atoms with Gasteiger partial charge in [0.25, 0.3) is 5.91 Å². The van der Waals surface area contributed by atoms with E-state index in [1.54, 1.807) is 27.7 Å². The van der Waals surface area contributed by atoms with Crippen LogP contribution in [0.4, 0.5) is 0 Å². The van der Waals surface area contributed by atoms with Gasteiger partial charge in [-0.3, -0.25) is 4.79 Å². The molecule has 1 aromatic carbocycles. The highest BCUT2D eigenvalue weighted by molar-refractivity contribution is 7.12. The van der Waals surface area contributed by atoms with E-state index >= 15 is 0 Å². The zero-order valence-electron chi connectivity index (χ0n) is 15.3. The van der Waals surface area contributed by atoms with E-state index in [9.17, 15) is 4.79 Å². The van der Waals surface area contributed by atoms with Crippen molar-refractivity contribution >= 4 is 45.3 Å². The Morgan fingerprint density at radius 1 is 1.11 bits per heavy atom. The fraction of sp³-hybridized carbons (Fsp3) is 0.190. The number of aryl methyl sites for hydroxylation is 1. The molecular formula is C21H18N4OS2. The number of rotatable bonds is 4. The molecule has 7 heteroatoms. The minimum absolute atomic E-state index is 0.0174. The Bertz CT molecular complexity index is 1160. The van der Waals surface area contributed by atoms with E-state index < -0.39 is 0 Å². The number of benzene rings is 1. The average Bonchev–Trinajstić information content (AvgIpc) is 3.48. The predicted octanol–water partition coefficient (Wildman–Crippen LogP) is 4.85. The number of aromatic nitrogens is 2. The number of fused-ring (bicyclic) bond motifs is 1. The van der Waals surface area contributed by atoms with Crippen LogP contribution >= 0.6 is 22.7 Å². The van der Waals surface area contributed by atoms with Gasteiger partial charge < -0.3 is 4.57 Å². The maximum atomic E-state index is 13.3. The summed E-state index contributed by atoms with van der Waals surface area (Å²) in [4.78, 5) is 20.2. The van der Waals surface area contributed by atoms with E-state index in [0.717, 1.165) is 38.7 Å². The molecule has 4 heterocycles. The second-order valence-electron chi connectivity index (χ2n) is 6.73. The van der Waals surface area contributed by atoms with Crippen molar-refractivity contribution in [2.45, 2.75) is 25.9 Å². The molecule has 28 heavy (non-hydrogen) atoms. The molecule has 0 fully saturated rings. The molecule has 1 aliphatic rings. The first-order valence-electron chi connectivity index (χ1n) is 9.09. The summed E-state index contributed by atoms with van der Waals surface area (Å²) < 4.78 is 1.97. The van der Waals surface area contributed by atoms with E-state index in [1.165, 1.54) is 0 Å². The maximum Gasteiger partial charge on any atom is 0.263 e. The Morgan fingerprint density at radius 3 is 2.71 bits per heavy atom. The predicted molar refractivity (Wildman–Crippen MR) is 114 cm³/mol. The van der Waals surface area contributed by atoms with Crippen LogP contribution in [0.1, 0.15) is 28.0 Å². The summed E-state index contributed by atoms with van der Waals surface area (Å²) in [7, 11) is 0. The number of hydrogen-bond donors (Lipinski definition) is 0. The Morgan fingerprint density at radius 2 is 1.93 bits per heavy atom. The SMILES string of the molecule is Cc1nc2ccccc2n1CC(=O)N1N=C(c2cccs2)C[C@@H]1c1cccs1. The van der Waals surface area contributed by atoms with Gasteiger partial charge in [0.1, 0.15) is 12.4 Å². The van der Waals surface area contributed by atoms with Crippen LogP contribution < -0.4 is 0 Å². The largest absolute Gasteiger partial charge is 0.319 e. The number of nitrogens with zero attached hydrogens (tertiary/aromatic N) is 4. The molecule has 1 aliphatic heterocycles. The molecule has 0 unspecified atom stereocenters. The monoisotopic (exact) mass is 406 g/mol. The lowest BCUT2D eigenvalue weighted by Crippen LogP contribution is -2.30. The van der Waals surface area contributed by atoms with Gasteiger partial charge in [0, 0.05) is 11.3 Å². The Balaban J connectivity index is 1.49. The molecule has 140 valence electrons. The van der Waals surface area contributed by atoms with Crippen LogP contribution in [0.3, 0.4) is 0 Å². The third-order valence-corrected chi connectivity index (χ3v) is 6.87. The minimum atomic E-state index is -0.0420. The summed E-state index contributed by atoms with van der Waals surface area (Å²) >= 11 is 3.33. The topological polar surface area (TPSA) is 50.5 Å². The number of thiophene rings is 2. The molecule has 0 spiro atoms. The number of para-hydroxylation sites is 2. The van der Waals surface area contributed by atoms with Crippen molar-refractivity contribution in [1.29, 1.82) is 0 Å². The highest BCUT2D eigenvalue weighted by Gasteiger charge is 2.34. The summed E-state index contributed by atoms with van der Waals surface area (Å²) in [5, 5.41) is 10.5. The van der Waals surface area contributed by atoms with Crippen LogP contribution in [-0.4, -0.2) is 26.2 Å². The summed E-state index contributed by atoms with van der Waals surface area (Å²) in [6.45, 7) is 2.17. The first-order chi connectivity index (χ1) is 13.7. The molecule has 3 aromatic heterocycles. The van der Waals surface area contributed by atoms with E-state index in [1.807, 2.05) is 53.3 Å². The molecule has 4 aromatic rings. The van der Waals surface area contributed by atoms with Gasteiger partial charge in [-0.2, -0.15) is 5.10 Å². The number of hydrazone groups is 1. The summed E-state index contributed by atoms with van der Waals surface area (Å²) in [6.07, 6.45) is 0.746. The van der Waals surface area contributed by atoms with Crippen molar-refractivity contribution in [3.05, 3.63) is 74.9 Å². The molecule has 0 bridgehead atoms. The quantitative estimate of drug-likeness (QED) is 0.487. The standard InChI is InChI=1S/C21H18N4OS2/c1-14-22-15-6-2-3-7-17(15)24(14)13-21(26)25-18(20-9-5-11-28-20)12-16(23-25)19-8-4-10-27-19/h2-11,18H,12-13H2,1H3/t18-/m1/s1. The molecule has 0 N–H and O–H groups in total. The van der Waals surface area contributed by atoms with E-state index in [4.69, 9.17) is 5.10 Å². The van der Waals surface area contributed by atoms with Crippen molar-refractivity contribution < 1.29 is 4.79 Å². The first kappa shape index (κ1) is 17.3. The van der Waals surface area contributed by atoms with E-state index in [0.29, 0.717) is 0 Å². The van der Waals surface area contributed by atoms with E-state index in [2.05, 4.69) is 22.5 Å². The molecule has 5 nitrogen and oxygen atoms in total. The van der Waals surface area contributed by atoms with Crippen LogP contribution in [0, 0.1) is 6.92 Å². The lowest BCUT2D eigenvalue weighted by molar-refractivity contribution is -0.133. The normalized spacial score (nSPS) is 16.7. The molecule has 0 aliphatic carbocycles. The van der Waals surface area contributed by atoms with Gasteiger partial charge in [-0.05, 0) is 41.9 Å². The van der Waals surface area contributed by atoms with Crippen LogP contribution in [0.2, 0.25) is 0 Å². The second kappa shape index (κ2) is 7.00. The van der Waals surface area contributed by atoms with Crippen molar-refractivity contribution in [3.8, 4) is 0 Å². The van der Waals surface area contributed by atoms with Crippen LogP contribution in [0.5, 0.6) is 0 Å². The summed E-state index contributed by atoms with van der Waals surface area (Å²) in [5.74, 6) is 0.820. The number of amides is 1. The molecule has 1 amide bonds. The van der Waals surface area contributed by atoms with Gasteiger partial charge in [-0.25, -0.2) is 9.99 Å². The summed E-state index contributed by atoms with van der Waals surface area (Å²) in [6, 6.07) is 16.1. The minimum Gasteiger partial charge on any atom is -0.319 e. The van der Waals surface area contributed by atoms with Crippen LogP contribution in [0.25, 0.3) is 11.0 Å². The number of carbonyl (C=O) groups excluding carboxylic acids is 1. The molecular weight excluding hydrogens is 388 g/mol. The maximum absolute atomic E-state index is 13.3. The van der Waals surface area contributed by atoms with Gasteiger partial charge in [0.05, 0.1) is 27.7 Å². The smallest absolute Gasteiger partial charge is 0.263 e. The zero-order valence-corrected chi connectivity index (χ0v) is 16.9. The third-order valence-electron chi connectivity index (χ3n) is 4.98. The number of carbonyl (C=O) groups is 1. The first-order valence-corrected chi connectivity index (χ1v) is 10.9. The van der Waals surface area contributed by atoms with Crippen LogP contribution in [-0.2, 0) is 11.3 Å². The Kier molecular flexibility index (Phi) is 4.33. The molecule has 5 rings (SSSR count). The zero-order chi connectivity index (χ0) is 19.1. The molecule has 0 radical (unpaired) electrons. The number of imidazole rings is 1. The fourth-order valence-corrected chi connectivity index (χ4v) is 5.17. The second-order valence-corrected chi connectivity index (χ2v) is 8.66. The van der Waals surface area contributed by atoms with Gasteiger partial charge in [0.2, 0.25) is 0 Å². The van der Waals surface area contributed by atoms with E-state index in [-0.39, 0.29) is 18.5 Å². The highest BCUT2D eigenvalue weighted by Crippen LogP contribution is 2.36. The van der Waals surface area contributed by atoms with Crippen molar-refractivity contribution in [3.63, 3.8) is 0 Å². The van der Waals surface area contributed by atoms with Gasteiger partial charge >= 0.3 is 0 Å². The van der Waals surface area contributed by atoms with Gasteiger partial charge in [0.15, 0.2) is 0 Å². The molecule has 1 atom stereocenters. The lowest BCUT2D eigenvalue weighted by atomic mass is 10.1. The highest BCUT2D eigenvalue weighted by atomic mass is 32.1. The average molecular weight is 407 g/mol. The van der Waals surface area contributed by atoms with Crippen molar-refractivity contribution in [2.75, 3.05) is 0 Å². The van der Waals surface area contributed by atoms with Gasteiger partial charge in [-0.15, -0.1) is 22.7 Å². The molecule has 0 saturated carbocycles. The Labute approximate surface area is 170 Å².